The largest absolute Gasteiger partial charge is 0.352 e. The van der Waals surface area contributed by atoms with Crippen LogP contribution < -0.4 is 4.90 Å². The van der Waals surface area contributed by atoms with Crippen LogP contribution in [0.2, 0.25) is 0 Å². The number of aromatic nitrogens is 2. The number of carbonyl (C=O) groups is 1. The number of nitro groups is 1. The van der Waals surface area contributed by atoms with Gasteiger partial charge in [-0.3, -0.25) is 14.9 Å². The van der Waals surface area contributed by atoms with Crippen molar-refractivity contribution in [2.45, 2.75) is 39.0 Å². The molecule has 6 rings (SSSR count). The average molecular weight is 528 g/mol. The highest BCUT2D eigenvalue weighted by Gasteiger charge is 2.28. The second-order valence-electron chi connectivity index (χ2n) is 10.1. The molecule has 1 amide bonds. The summed E-state index contributed by atoms with van der Waals surface area (Å²) in [5, 5.41) is 12.6. The molecule has 9 heteroatoms. The Labute approximate surface area is 225 Å². The Bertz CT molecular complexity index is 1530. The van der Waals surface area contributed by atoms with Gasteiger partial charge in [0.05, 0.1) is 10.3 Å². The van der Waals surface area contributed by atoms with E-state index in [4.69, 9.17) is 9.97 Å². The van der Waals surface area contributed by atoms with Crippen molar-refractivity contribution in [3.8, 4) is 0 Å². The maximum Gasteiger partial charge on any atom is 0.273 e. The third-order valence-corrected chi connectivity index (χ3v) is 8.75. The number of rotatable bonds is 5. The molecule has 8 nitrogen and oxygen atoms in total. The zero-order valence-corrected chi connectivity index (χ0v) is 22.2. The van der Waals surface area contributed by atoms with Crippen molar-refractivity contribution >= 4 is 39.0 Å². The van der Waals surface area contributed by atoms with Gasteiger partial charge in [-0.25, -0.2) is 9.97 Å². The van der Waals surface area contributed by atoms with E-state index in [0.717, 1.165) is 29.3 Å². The lowest BCUT2D eigenvalue weighted by Gasteiger charge is -2.36. The summed E-state index contributed by atoms with van der Waals surface area (Å²) < 4.78 is 0. The number of nitrogens with zero attached hydrogens (tertiary/aromatic N) is 5. The van der Waals surface area contributed by atoms with Gasteiger partial charge in [0.2, 0.25) is 0 Å². The van der Waals surface area contributed by atoms with Gasteiger partial charge >= 0.3 is 0 Å². The minimum atomic E-state index is -0.432. The summed E-state index contributed by atoms with van der Waals surface area (Å²) >= 11 is 1.81. The van der Waals surface area contributed by atoms with Gasteiger partial charge < -0.3 is 9.80 Å². The first kappa shape index (κ1) is 24.5. The molecule has 194 valence electrons. The molecule has 1 fully saturated rings. The Kier molecular flexibility index (Phi) is 6.53. The molecule has 1 saturated heterocycles. The van der Waals surface area contributed by atoms with Gasteiger partial charge in [-0.1, -0.05) is 36.4 Å². The van der Waals surface area contributed by atoms with Gasteiger partial charge in [0.25, 0.3) is 11.6 Å². The van der Waals surface area contributed by atoms with E-state index in [0.29, 0.717) is 43.7 Å². The van der Waals surface area contributed by atoms with E-state index in [1.807, 2.05) is 29.5 Å². The normalized spacial score (nSPS) is 15.5. The molecule has 0 unspecified atom stereocenters. The van der Waals surface area contributed by atoms with Crippen LogP contribution in [0.25, 0.3) is 10.2 Å². The fourth-order valence-corrected chi connectivity index (χ4v) is 6.79. The Balaban J connectivity index is 1.28. The monoisotopic (exact) mass is 527 g/mol. The summed E-state index contributed by atoms with van der Waals surface area (Å²) in [5.74, 6) is 1.64. The fourth-order valence-electron chi connectivity index (χ4n) is 5.51. The van der Waals surface area contributed by atoms with Crippen molar-refractivity contribution in [2.24, 2.45) is 0 Å². The summed E-state index contributed by atoms with van der Waals surface area (Å²) in [4.78, 5) is 40.8. The van der Waals surface area contributed by atoms with E-state index in [1.54, 1.807) is 24.0 Å². The van der Waals surface area contributed by atoms with Crippen LogP contribution in [0, 0.1) is 17.0 Å². The molecule has 0 bridgehead atoms. The topological polar surface area (TPSA) is 92.5 Å². The van der Waals surface area contributed by atoms with Gasteiger partial charge in [-0.2, -0.15) is 0 Å². The third kappa shape index (κ3) is 4.62. The van der Waals surface area contributed by atoms with Crippen molar-refractivity contribution in [1.82, 2.24) is 14.9 Å². The number of nitro benzene ring substituents is 1. The Morgan fingerprint density at radius 3 is 2.55 bits per heavy atom. The first-order valence-corrected chi connectivity index (χ1v) is 13.9. The molecule has 2 aromatic heterocycles. The molecule has 0 atom stereocenters. The molecule has 0 spiro atoms. The summed E-state index contributed by atoms with van der Waals surface area (Å²) in [6, 6.07) is 15.0. The van der Waals surface area contributed by atoms with Gasteiger partial charge in [-0.15, -0.1) is 11.3 Å². The lowest BCUT2D eigenvalue weighted by atomic mass is 9.96. The van der Waals surface area contributed by atoms with Crippen molar-refractivity contribution in [2.75, 3.05) is 31.1 Å². The molecule has 4 aromatic rings. The standard InChI is InChI=1S/C29H29N5O3S/c1-19-11-12-21(18-23(19)34(36)37)29(35)33-15-13-32(14-16-33)27-26-22-9-5-6-10-24(22)38-28(26)31-25(30-27)17-20-7-3-2-4-8-20/h2-4,7-8,11-12,18H,5-6,9-10,13-17H2,1H3. The number of carbonyl (C=O) groups excluding carboxylic acids is 1. The Hall–Kier alpha value is -3.85. The highest BCUT2D eigenvalue weighted by Crippen LogP contribution is 2.40. The number of hydrogen-bond acceptors (Lipinski definition) is 7. The summed E-state index contributed by atoms with van der Waals surface area (Å²) in [6.07, 6.45) is 5.26. The van der Waals surface area contributed by atoms with Crippen LogP contribution in [0.5, 0.6) is 0 Å². The molecule has 3 heterocycles. The summed E-state index contributed by atoms with van der Waals surface area (Å²) in [7, 11) is 0. The lowest BCUT2D eigenvalue weighted by molar-refractivity contribution is -0.385. The molecular weight excluding hydrogens is 498 g/mol. The zero-order valence-electron chi connectivity index (χ0n) is 21.4. The van der Waals surface area contributed by atoms with E-state index >= 15 is 0 Å². The summed E-state index contributed by atoms with van der Waals surface area (Å²) in [5.41, 5.74) is 3.47. The van der Waals surface area contributed by atoms with Crippen LogP contribution in [0.1, 0.15) is 50.6 Å². The first-order valence-electron chi connectivity index (χ1n) is 13.1. The van der Waals surface area contributed by atoms with Crippen LogP contribution in [-0.4, -0.2) is 51.9 Å². The van der Waals surface area contributed by atoms with Crippen molar-refractivity contribution in [3.05, 3.63) is 91.6 Å². The van der Waals surface area contributed by atoms with Gasteiger partial charge in [0.15, 0.2) is 0 Å². The minimum absolute atomic E-state index is 0.0222. The van der Waals surface area contributed by atoms with Crippen LogP contribution >= 0.6 is 11.3 Å². The molecule has 0 radical (unpaired) electrons. The molecule has 0 N–H and O–H groups in total. The molecule has 38 heavy (non-hydrogen) atoms. The first-order chi connectivity index (χ1) is 18.5. The van der Waals surface area contributed by atoms with Crippen molar-refractivity contribution in [1.29, 1.82) is 0 Å². The molecule has 2 aromatic carbocycles. The van der Waals surface area contributed by atoms with Crippen molar-refractivity contribution < 1.29 is 9.72 Å². The molecular formula is C29H29N5O3S. The molecule has 1 aliphatic heterocycles. The smallest absolute Gasteiger partial charge is 0.273 e. The second kappa shape index (κ2) is 10.1. The molecule has 2 aliphatic rings. The third-order valence-electron chi connectivity index (χ3n) is 7.57. The van der Waals surface area contributed by atoms with Crippen LogP contribution in [0.15, 0.2) is 48.5 Å². The number of thiophene rings is 1. The number of fused-ring (bicyclic) bond motifs is 3. The second-order valence-corrected chi connectivity index (χ2v) is 11.1. The maximum atomic E-state index is 13.2. The van der Waals surface area contributed by atoms with Crippen LogP contribution in [0.4, 0.5) is 11.5 Å². The van der Waals surface area contributed by atoms with E-state index < -0.39 is 4.92 Å². The highest BCUT2D eigenvalue weighted by molar-refractivity contribution is 7.19. The predicted octanol–water partition coefficient (Wildman–Crippen LogP) is 5.34. The maximum absolute atomic E-state index is 13.2. The number of piperazine rings is 1. The summed E-state index contributed by atoms with van der Waals surface area (Å²) in [6.45, 7) is 4.06. The van der Waals surface area contributed by atoms with E-state index in [-0.39, 0.29) is 11.6 Å². The quantitative estimate of drug-likeness (QED) is 0.257. The van der Waals surface area contributed by atoms with E-state index in [1.165, 1.54) is 40.3 Å². The average Bonchev–Trinajstić information content (AvgIpc) is 3.31. The Morgan fingerprint density at radius 1 is 1.03 bits per heavy atom. The van der Waals surface area contributed by atoms with E-state index in [9.17, 15) is 14.9 Å². The van der Waals surface area contributed by atoms with Crippen molar-refractivity contribution in [3.63, 3.8) is 0 Å². The predicted molar refractivity (Wildman–Crippen MR) is 149 cm³/mol. The highest BCUT2D eigenvalue weighted by atomic mass is 32.1. The lowest BCUT2D eigenvalue weighted by Crippen LogP contribution is -2.49. The minimum Gasteiger partial charge on any atom is -0.352 e. The number of hydrogen-bond donors (Lipinski definition) is 0. The molecule has 0 saturated carbocycles. The van der Waals surface area contributed by atoms with Crippen LogP contribution in [0.3, 0.4) is 0 Å². The molecule has 1 aliphatic carbocycles. The van der Waals surface area contributed by atoms with Crippen LogP contribution in [-0.2, 0) is 19.3 Å². The SMILES string of the molecule is Cc1ccc(C(=O)N2CCN(c3nc(Cc4ccccc4)nc4sc5c(c34)CCCC5)CC2)cc1[N+](=O)[O-]. The number of benzene rings is 2. The number of anilines is 1. The Morgan fingerprint density at radius 2 is 1.79 bits per heavy atom. The number of amides is 1. The van der Waals surface area contributed by atoms with Gasteiger partial charge in [0, 0.05) is 54.7 Å². The number of aryl methyl sites for hydroxylation is 3. The van der Waals surface area contributed by atoms with Gasteiger partial charge in [0.1, 0.15) is 16.5 Å². The van der Waals surface area contributed by atoms with Gasteiger partial charge in [-0.05, 0) is 49.8 Å². The zero-order chi connectivity index (χ0) is 26.2. The fraction of sp³-hybridized carbons (Fsp3) is 0.345. The van der Waals surface area contributed by atoms with E-state index in [2.05, 4.69) is 17.0 Å².